The molecule has 2 rings (SSSR count). The molecule has 0 aromatic carbocycles. The van der Waals surface area contributed by atoms with Gasteiger partial charge in [0.1, 0.15) is 5.69 Å². The maximum Gasteiger partial charge on any atom is 0.267 e. The first-order valence-corrected chi connectivity index (χ1v) is 6.31. The molecule has 1 fully saturated rings. The first-order chi connectivity index (χ1) is 8.65. The van der Waals surface area contributed by atoms with Crippen molar-refractivity contribution >= 4 is 5.91 Å². The lowest BCUT2D eigenvalue weighted by Crippen LogP contribution is -2.33. The van der Waals surface area contributed by atoms with Gasteiger partial charge in [-0.3, -0.25) is 9.59 Å². The SMILES string of the molecule is O=C(NCC1CCC(O)CC1)c1cccc(=O)[nH]1. The summed E-state index contributed by atoms with van der Waals surface area (Å²) in [6.45, 7) is 0.600. The van der Waals surface area contributed by atoms with Gasteiger partial charge < -0.3 is 15.4 Å². The van der Waals surface area contributed by atoms with Crippen LogP contribution >= 0.6 is 0 Å². The molecule has 3 N–H and O–H groups in total. The van der Waals surface area contributed by atoms with Crippen molar-refractivity contribution in [1.82, 2.24) is 10.3 Å². The topological polar surface area (TPSA) is 82.2 Å². The Morgan fingerprint density at radius 1 is 1.33 bits per heavy atom. The fourth-order valence-electron chi connectivity index (χ4n) is 2.26. The van der Waals surface area contributed by atoms with E-state index in [2.05, 4.69) is 10.3 Å². The Morgan fingerprint density at radius 3 is 2.72 bits per heavy atom. The molecular formula is C13H18N2O3. The van der Waals surface area contributed by atoms with E-state index in [1.165, 1.54) is 6.07 Å². The summed E-state index contributed by atoms with van der Waals surface area (Å²) in [6.07, 6.45) is 3.31. The molecule has 0 aliphatic heterocycles. The second-order valence-electron chi connectivity index (χ2n) is 4.81. The summed E-state index contributed by atoms with van der Waals surface area (Å²) < 4.78 is 0. The van der Waals surface area contributed by atoms with Crippen LogP contribution in [0.25, 0.3) is 0 Å². The van der Waals surface area contributed by atoms with Crippen molar-refractivity contribution in [1.29, 1.82) is 0 Å². The lowest BCUT2D eigenvalue weighted by Gasteiger charge is -2.25. The van der Waals surface area contributed by atoms with Crippen LogP contribution in [0.3, 0.4) is 0 Å². The number of aromatic amines is 1. The average Bonchev–Trinajstić information content (AvgIpc) is 2.38. The molecule has 5 heteroatoms. The lowest BCUT2D eigenvalue weighted by atomic mass is 9.87. The van der Waals surface area contributed by atoms with Crippen molar-refractivity contribution in [3.05, 3.63) is 34.2 Å². The highest BCUT2D eigenvalue weighted by atomic mass is 16.3. The maximum atomic E-state index is 11.8. The highest BCUT2D eigenvalue weighted by molar-refractivity contribution is 5.92. The Bertz CT molecular complexity index is 461. The third-order valence-electron chi connectivity index (χ3n) is 3.38. The standard InChI is InChI=1S/C13H18N2O3/c16-10-6-4-9(5-7-10)8-14-13(18)11-2-1-3-12(17)15-11/h1-3,9-10,16H,4-8H2,(H,14,18)(H,15,17). The minimum atomic E-state index is -0.275. The quantitative estimate of drug-likeness (QED) is 0.737. The number of H-pyrrole nitrogens is 1. The van der Waals surface area contributed by atoms with E-state index in [1.54, 1.807) is 12.1 Å². The third-order valence-corrected chi connectivity index (χ3v) is 3.38. The van der Waals surface area contributed by atoms with Crippen molar-refractivity contribution in [3.8, 4) is 0 Å². The Balaban J connectivity index is 1.83. The largest absolute Gasteiger partial charge is 0.393 e. The molecule has 0 unspecified atom stereocenters. The van der Waals surface area contributed by atoms with Crippen molar-refractivity contribution in [2.75, 3.05) is 6.54 Å². The zero-order valence-electron chi connectivity index (χ0n) is 10.2. The second kappa shape index (κ2) is 5.82. The fraction of sp³-hybridized carbons (Fsp3) is 0.538. The fourth-order valence-corrected chi connectivity index (χ4v) is 2.26. The predicted octanol–water partition coefficient (Wildman–Crippen LogP) is 0.656. The van der Waals surface area contributed by atoms with E-state index in [-0.39, 0.29) is 17.6 Å². The Morgan fingerprint density at radius 2 is 2.06 bits per heavy atom. The Hall–Kier alpha value is -1.62. The Labute approximate surface area is 105 Å². The number of nitrogens with one attached hydrogen (secondary N) is 2. The molecule has 0 bridgehead atoms. The number of aliphatic hydroxyl groups excluding tert-OH is 1. The molecule has 0 radical (unpaired) electrons. The monoisotopic (exact) mass is 250 g/mol. The summed E-state index contributed by atoms with van der Waals surface area (Å²) in [5, 5.41) is 12.2. The lowest BCUT2D eigenvalue weighted by molar-refractivity contribution is 0.0905. The predicted molar refractivity (Wildman–Crippen MR) is 67.4 cm³/mol. The molecule has 0 spiro atoms. The average molecular weight is 250 g/mol. The number of amides is 1. The van der Waals surface area contributed by atoms with E-state index in [9.17, 15) is 14.7 Å². The summed E-state index contributed by atoms with van der Waals surface area (Å²) >= 11 is 0. The van der Waals surface area contributed by atoms with Gasteiger partial charge >= 0.3 is 0 Å². The van der Waals surface area contributed by atoms with Gasteiger partial charge in [-0.05, 0) is 37.7 Å². The number of rotatable bonds is 3. The zero-order valence-corrected chi connectivity index (χ0v) is 10.2. The van der Waals surface area contributed by atoms with Crippen LogP contribution < -0.4 is 10.9 Å². The molecular weight excluding hydrogens is 232 g/mol. The molecule has 0 saturated heterocycles. The van der Waals surface area contributed by atoms with Gasteiger partial charge in [0.2, 0.25) is 5.56 Å². The highest BCUT2D eigenvalue weighted by Crippen LogP contribution is 2.23. The number of carbonyl (C=O) groups is 1. The minimum Gasteiger partial charge on any atom is -0.393 e. The number of pyridine rings is 1. The molecule has 1 saturated carbocycles. The molecule has 18 heavy (non-hydrogen) atoms. The molecule has 0 atom stereocenters. The molecule has 5 nitrogen and oxygen atoms in total. The molecule has 98 valence electrons. The number of aliphatic hydroxyl groups is 1. The van der Waals surface area contributed by atoms with Gasteiger partial charge in [0.25, 0.3) is 5.91 Å². The van der Waals surface area contributed by atoms with Gasteiger partial charge in [-0.15, -0.1) is 0 Å². The number of carbonyl (C=O) groups excluding carboxylic acids is 1. The van der Waals surface area contributed by atoms with Crippen molar-refractivity contribution in [3.63, 3.8) is 0 Å². The molecule has 1 aromatic rings. The highest BCUT2D eigenvalue weighted by Gasteiger charge is 2.19. The van der Waals surface area contributed by atoms with Crippen molar-refractivity contribution in [2.45, 2.75) is 31.8 Å². The summed E-state index contributed by atoms with van der Waals surface area (Å²) in [4.78, 5) is 25.3. The molecule has 1 aliphatic rings. The number of hydrogen-bond donors (Lipinski definition) is 3. The van der Waals surface area contributed by atoms with Crippen LogP contribution in [0.1, 0.15) is 36.2 Å². The zero-order chi connectivity index (χ0) is 13.0. The summed E-state index contributed by atoms with van der Waals surface area (Å²) in [5.41, 5.74) is 0.0155. The van der Waals surface area contributed by atoms with Gasteiger partial charge in [-0.25, -0.2) is 0 Å². The van der Waals surface area contributed by atoms with Gasteiger partial charge in [-0.1, -0.05) is 6.07 Å². The summed E-state index contributed by atoms with van der Waals surface area (Å²) in [5.74, 6) is 0.173. The second-order valence-corrected chi connectivity index (χ2v) is 4.81. The van der Waals surface area contributed by atoms with Crippen LogP contribution in [0.5, 0.6) is 0 Å². The number of aromatic nitrogens is 1. The van der Waals surface area contributed by atoms with Crippen LogP contribution in [0.4, 0.5) is 0 Å². The van der Waals surface area contributed by atoms with Gasteiger partial charge in [0.15, 0.2) is 0 Å². The van der Waals surface area contributed by atoms with Crippen molar-refractivity contribution < 1.29 is 9.90 Å². The minimum absolute atomic E-state index is 0.178. The van der Waals surface area contributed by atoms with Gasteiger partial charge in [0, 0.05) is 12.6 Å². The normalized spacial score (nSPS) is 23.6. The van der Waals surface area contributed by atoms with Crippen molar-refractivity contribution in [2.24, 2.45) is 5.92 Å². The third kappa shape index (κ3) is 3.43. The van der Waals surface area contributed by atoms with E-state index in [0.717, 1.165) is 25.7 Å². The number of hydrogen-bond acceptors (Lipinski definition) is 3. The van der Waals surface area contributed by atoms with E-state index < -0.39 is 0 Å². The molecule has 1 aromatic heterocycles. The van der Waals surface area contributed by atoms with Gasteiger partial charge in [-0.2, -0.15) is 0 Å². The summed E-state index contributed by atoms with van der Waals surface area (Å²) in [6, 6.07) is 4.52. The van der Waals surface area contributed by atoms with E-state index >= 15 is 0 Å². The Kier molecular flexibility index (Phi) is 4.15. The smallest absolute Gasteiger partial charge is 0.267 e. The molecule has 1 aliphatic carbocycles. The van der Waals surface area contributed by atoms with Gasteiger partial charge in [0.05, 0.1) is 6.10 Å². The maximum absolute atomic E-state index is 11.8. The van der Waals surface area contributed by atoms with Crippen LogP contribution in [-0.4, -0.2) is 28.6 Å². The first kappa shape index (κ1) is 12.8. The van der Waals surface area contributed by atoms with Crippen LogP contribution in [0.2, 0.25) is 0 Å². The molecule has 1 amide bonds. The van der Waals surface area contributed by atoms with Crippen LogP contribution in [0.15, 0.2) is 23.0 Å². The summed E-state index contributed by atoms with van der Waals surface area (Å²) in [7, 11) is 0. The van der Waals surface area contributed by atoms with Crippen LogP contribution in [-0.2, 0) is 0 Å². The van der Waals surface area contributed by atoms with E-state index in [4.69, 9.17) is 0 Å². The van der Waals surface area contributed by atoms with E-state index in [0.29, 0.717) is 18.2 Å². The van der Waals surface area contributed by atoms with Crippen LogP contribution in [0, 0.1) is 5.92 Å². The molecule has 1 heterocycles. The van der Waals surface area contributed by atoms with E-state index in [1.807, 2.05) is 0 Å². The first-order valence-electron chi connectivity index (χ1n) is 6.31.